The Morgan fingerprint density at radius 2 is 2.05 bits per heavy atom. The van der Waals surface area contributed by atoms with Crippen LogP contribution in [0.2, 0.25) is 0 Å². The van der Waals surface area contributed by atoms with Gasteiger partial charge in [-0.1, -0.05) is 13.8 Å². The minimum absolute atomic E-state index is 0.0376. The van der Waals surface area contributed by atoms with E-state index in [1.54, 1.807) is 0 Å². The van der Waals surface area contributed by atoms with Gasteiger partial charge in [0.1, 0.15) is 11.6 Å². The molecule has 1 aromatic rings. The fourth-order valence-corrected chi connectivity index (χ4v) is 2.17. The first-order valence-electron chi connectivity index (χ1n) is 7.06. The van der Waals surface area contributed by atoms with Gasteiger partial charge in [0.2, 0.25) is 5.91 Å². The topological polar surface area (TPSA) is 131 Å². The number of hydrogen-bond donors (Lipinski definition) is 2. The van der Waals surface area contributed by atoms with Crippen molar-refractivity contribution < 1.29 is 9.59 Å². The van der Waals surface area contributed by atoms with Crippen molar-refractivity contribution in [3.05, 3.63) is 27.2 Å². The minimum atomic E-state index is -0.910. The number of nitrogens with zero attached hydrogens (tertiary/aromatic N) is 3. The molecule has 118 valence electrons. The Morgan fingerprint density at radius 3 is 2.55 bits per heavy atom. The SMILES string of the molecule is CCc1nn(CCCC(=O)NC(N)=O)c(=O)c(C#N)c1CC. The van der Waals surface area contributed by atoms with Crippen molar-refractivity contribution in [1.82, 2.24) is 15.1 Å². The van der Waals surface area contributed by atoms with E-state index >= 15 is 0 Å². The number of primary amides is 1. The average molecular weight is 305 g/mol. The van der Waals surface area contributed by atoms with Crippen molar-refractivity contribution in [3.63, 3.8) is 0 Å². The van der Waals surface area contributed by atoms with Gasteiger partial charge in [0.05, 0.1) is 5.69 Å². The standard InChI is InChI=1S/C14H19N5O3/c1-3-9-10(8-15)13(21)19(18-11(9)4-2)7-5-6-12(20)17-14(16)22/h3-7H2,1-2H3,(H3,16,17,20,22). The smallest absolute Gasteiger partial charge is 0.318 e. The first-order chi connectivity index (χ1) is 10.4. The maximum Gasteiger partial charge on any atom is 0.318 e. The summed E-state index contributed by atoms with van der Waals surface area (Å²) >= 11 is 0. The lowest BCUT2D eigenvalue weighted by Crippen LogP contribution is -2.35. The third-order valence-electron chi connectivity index (χ3n) is 3.18. The van der Waals surface area contributed by atoms with Gasteiger partial charge < -0.3 is 5.73 Å². The normalized spacial score (nSPS) is 10.0. The second kappa shape index (κ2) is 7.93. The van der Waals surface area contributed by atoms with Crippen LogP contribution >= 0.6 is 0 Å². The molecule has 0 saturated carbocycles. The number of aryl methyl sites for hydroxylation is 2. The molecule has 8 nitrogen and oxygen atoms in total. The summed E-state index contributed by atoms with van der Waals surface area (Å²) in [5.41, 5.74) is 5.88. The molecule has 0 fully saturated rings. The molecule has 0 atom stereocenters. The monoisotopic (exact) mass is 305 g/mol. The lowest BCUT2D eigenvalue weighted by molar-refractivity contribution is -0.120. The molecule has 1 heterocycles. The summed E-state index contributed by atoms with van der Waals surface area (Å²) in [6.07, 6.45) is 1.53. The van der Waals surface area contributed by atoms with E-state index in [9.17, 15) is 19.6 Å². The molecule has 0 saturated heterocycles. The molecule has 1 aromatic heterocycles. The Labute approximate surface area is 127 Å². The Hall–Kier alpha value is -2.69. The van der Waals surface area contributed by atoms with Gasteiger partial charge in [-0.25, -0.2) is 9.48 Å². The Kier molecular flexibility index (Phi) is 6.25. The largest absolute Gasteiger partial charge is 0.351 e. The Balaban J connectivity index is 2.93. The van der Waals surface area contributed by atoms with Crippen molar-refractivity contribution in [1.29, 1.82) is 5.26 Å². The van der Waals surface area contributed by atoms with E-state index in [1.165, 1.54) is 4.68 Å². The van der Waals surface area contributed by atoms with E-state index in [2.05, 4.69) is 5.10 Å². The molecule has 3 N–H and O–H groups in total. The number of carbonyl (C=O) groups is 2. The van der Waals surface area contributed by atoms with Crippen LogP contribution in [-0.4, -0.2) is 21.7 Å². The number of nitrogens with one attached hydrogen (secondary N) is 1. The number of rotatable bonds is 6. The fourth-order valence-electron chi connectivity index (χ4n) is 2.17. The highest BCUT2D eigenvalue weighted by Gasteiger charge is 2.15. The highest BCUT2D eigenvalue weighted by atomic mass is 16.2. The number of amides is 3. The van der Waals surface area contributed by atoms with Crippen LogP contribution in [-0.2, 0) is 24.2 Å². The van der Waals surface area contributed by atoms with E-state index in [1.807, 2.05) is 25.2 Å². The number of nitriles is 1. The number of imide groups is 1. The third-order valence-corrected chi connectivity index (χ3v) is 3.18. The van der Waals surface area contributed by atoms with Crippen LogP contribution < -0.4 is 16.6 Å². The van der Waals surface area contributed by atoms with Gasteiger partial charge >= 0.3 is 6.03 Å². The molecule has 0 unspecified atom stereocenters. The third kappa shape index (κ3) is 4.15. The summed E-state index contributed by atoms with van der Waals surface area (Å²) in [5, 5.41) is 15.4. The zero-order valence-electron chi connectivity index (χ0n) is 12.7. The first kappa shape index (κ1) is 17.4. The van der Waals surface area contributed by atoms with E-state index < -0.39 is 17.5 Å². The van der Waals surface area contributed by atoms with Crippen LogP contribution in [0.4, 0.5) is 4.79 Å². The van der Waals surface area contributed by atoms with E-state index in [-0.39, 0.29) is 18.5 Å². The number of hydrogen-bond acceptors (Lipinski definition) is 5. The lowest BCUT2D eigenvalue weighted by atomic mass is 10.0. The van der Waals surface area contributed by atoms with Gasteiger partial charge in [0, 0.05) is 13.0 Å². The van der Waals surface area contributed by atoms with Crippen LogP contribution in [0.1, 0.15) is 43.5 Å². The molecular formula is C14H19N5O3. The number of nitrogens with two attached hydrogens (primary N) is 1. The molecule has 0 aliphatic heterocycles. The zero-order valence-corrected chi connectivity index (χ0v) is 12.7. The van der Waals surface area contributed by atoms with E-state index in [4.69, 9.17) is 5.73 Å². The van der Waals surface area contributed by atoms with Gasteiger partial charge in [-0.05, 0) is 24.8 Å². The molecule has 0 aromatic carbocycles. The van der Waals surface area contributed by atoms with Gasteiger partial charge in [-0.15, -0.1) is 0 Å². The second-order valence-electron chi connectivity index (χ2n) is 4.66. The van der Waals surface area contributed by atoms with Gasteiger partial charge in [0.15, 0.2) is 0 Å². The van der Waals surface area contributed by atoms with Gasteiger partial charge in [-0.2, -0.15) is 10.4 Å². The maximum atomic E-state index is 12.2. The lowest BCUT2D eigenvalue weighted by Gasteiger charge is -2.11. The molecule has 3 amide bonds. The summed E-state index contributed by atoms with van der Waals surface area (Å²) < 4.78 is 1.20. The second-order valence-corrected chi connectivity index (χ2v) is 4.66. The van der Waals surface area contributed by atoms with Gasteiger partial charge in [-0.3, -0.25) is 14.9 Å². The minimum Gasteiger partial charge on any atom is -0.351 e. The first-order valence-corrected chi connectivity index (χ1v) is 7.06. The summed E-state index contributed by atoms with van der Waals surface area (Å²) in [5.74, 6) is -0.512. The number of aromatic nitrogens is 2. The Morgan fingerprint density at radius 1 is 1.36 bits per heavy atom. The van der Waals surface area contributed by atoms with E-state index in [0.717, 1.165) is 0 Å². The van der Waals surface area contributed by atoms with Crippen molar-refractivity contribution >= 4 is 11.9 Å². The molecular weight excluding hydrogens is 286 g/mol. The zero-order chi connectivity index (χ0) is 16.7. The fraction of sp³-hybridized carbons (Fsp3) is 0.500. The van der Waals surface area contributed by atoms with Crippen LogP contribution in [0.15, 0.2) is 4.79 Å². The molecule has 0 aliphatic rings. The molecule has 22 heavy (non-hydrogen) atoms. The summed E-state index contributed by atoms with van der Waals surface area (Å²) in [6.45, 7) is 3.96. The molecule has 0 spiro atoms. The quantitative estimate of drug-likeness (QED) is 0.775. The van der Waals surface area contributed by atoms with Gasteiger partial charge in [0.25, 0.3) is 5.56 Å². The molecule has 0 aliphatic carbocycles. The molecule has 1 rings (SSSR count). The maximum absolute atomic E-state index is 12.2. The van der Waals surface area contributed by atoms with Crippen LogP contribution in [0.3, 0.4) is 0 Å². The molecule has 0 bridgehead atoms. The summed E-state index contributed by atoms with van der Waals surface area (Å²) in [7, 11) is 0. The van der Waals surface area contributed by atoms with Crippen LogP contribution in [0.5, 0.6) is 0 Å². The predicted molar refractivity (Wildman–Crippen MR) is 78.9 cm³/mol. The van der Waals surface area contributed by atoms with Crippen molar-refractivity contribution in [3.8, 4) is 6.07 Å². The van der Waals surface area contributed by atoms with Crippen molar-refractivity contribution in [2.45, 2.75) is 46.1 Å². The van der Waals surface area contributed by atoms with E-state index in [0.29, 0.717) is 30.5 Å². The summed E-state index contributed by atoms with van der Waals surface area (Å²) in [6, 6.07) is 1.03. The molecule has 8 heteroatoms. The highest BCUT2D eigenvalue weighted by Crippen LogP contribution is 2.10. The van der Waals surface area contributed by atoms with Crippen LogP contribution in [0, 0.1) is 11.3 Å². The number of carbonyl (C=O) groups excluding carboxylic acids is 2. The van der Waals surface area contributed by atoms with Crippen molar-refractivity contribution in [2.24, 2.45) is 5.73 Å². The van der Waals surface area contributed by atoms with Crippen LogP contribution in [0.25, 0.3) is 0 Å². The molecule has 0 radical (unpaired) electrons. The number of urea groups is 1. The highest BCUT2D eigenvalue weighted by molar-refractivity contribution is 5.93. The Bertz CT molecular complexity index is 672. The predicted octanol–water partition coefficient (Wildman–Crippen LogP) is 0.215. The summed E-state index contributed by atoms with van der Waals surface area (Å²) in [4.78, 5) is 34.0. The average Bonchev–Trinajstić information content (AvgIpc) is 2.47. The van der Waals surface area contributed by atoms with Crippen molar-refractivity contribution in [2.75, 3.05) is 0 Å².